The summed E-state index contributed by atoms with van der Waals surface area (Å²) >= 11 is 0. The molecule has 0 saturated carbocycles. The molecule has 0 saturated heterocycles. The maximum atomic E-state index is 8.22. The van der Waals surface area contributed by atoms with E-state index < -0.39 is 0 Å². The molecule has 1 N–H and O–H groups in total. The normalized spacial score (nSPS) is 15.1. The van der Waals surface area contributed by atoms with Gasteiger partial charge in [-0.1, -0.05) is 0 Å². The quantitative estimate of drug-likeness (QED) is 0.453. The molecular formula is C5H5N3. The largest absolute Gasteiger partial charge is 0.293 e. The summed E-state index contributed by atoms with van der Waals surface area (Å²) in [5, 5.41) is 9.52. The molecule has 1 aliphatic heterocycles. The number of rotatable bonds is 0. The van der Waals surface area contributed by atoms with Gasteiger partial charge < -0.3 is 0 Å². The zero-order chi connectivity index (χ0) is 5.82. The van der Waals surface area contributed by atoms with Gasteiger partial charge in [0.2, 0.25) is 6.19 Å². The molecule has 0 atom stereocenters. The van der Waals surface area contributed by atoms with Crippen LogP contribution in [0.5, 0.6) is 0 Å². The molecule has 1 aliphatic rings. The van der Waals surface area contributed by atoms with Gasteiger partial charge in [-0.3, -0.25) is 5.43 Å². The van der Waals surface area contributed by atoms with Gasteiger partial charge in [0, 0.05) is 12.4 Å². The summed E-state index contributed by atoms with van der Waals surface area (Å²) in [6, 6.07) is 0. The molecule has 3 nitrogen and oxygen atoms in total. The smallest absolute Gasteiger partial charge is 0.204 e. The first-order chi connectivity index (χ1) is 3.93. The maximum Gasteiger partial charge on any atom is 0.204 e. The van der Waals surface area contributed by atoms with E-state index in [1.165, 1.54) is 5.01 Å². The molecule has 1 rings (SSSR count). The van der Waals surface area contributed by atoms with Gasteiger partial charge in [-0.05, 0) is 12.2 Å². The Morgan fingerprint density at radius 3 is 2.75 bits per heavy atom. The lowest BCUT2D eigenvalue weighted by Crippen LogP contribution is -2.24. The first kappa shape index (κ1) is 4.72. The van der Waals surface area contributed by atoms with E-state index in [0.717, 1.165) is 0 Å². The summed E-state index contributed by atoms with van der Waals surface area (Å²) in [6.07, 6.45) is 8.80. The zero-order valence-corrected chi connectivity index (χ0v) is 4.20. The lowest BCUT2D eigenvalue weighted by Gasteiger charge is -2.10. The van der Waals surface area contributed by atoms with E-state index in [9.17, 15) is 0 Å². The standard InChI is InChI=1S/C5H5N3/c6-5-8-4-2-1-3-7-8/h1-4,7H. The first-order valence-corrected chi connectivity index (χ1v) is 2.22. The van der Waals surface area contributed by atoms with Crippen LogP contribution >= 0.6 is 0 Å². The molecule has 0 aliphatic carbocycles. The molecule has 0 aromatic carbocycles. The molecular weight excluding hydrogens is 102 g/mol. The fourth-order valence-corrected chi connectivity index (χ4v) is 0.420. The van der Waals surface area contributed by atoms with Crippen LogP contribution < -0.4 is 5.43 Å². The Labute approximate surface area is 47.5 Å². The summed E-state index contributed by atoms with van der Waals surface area (Å²) in [5.41, 5.74) is 2.67. The lowest BCUT2D eigenvalue weighted by molar-refractivity contribution is 0.445. The predicted octanol–water partition coefficient (Wildman–Crippen LogP) is 0.315. The Bertz CT molecular complexity index is 163. The Kier molecular flexibility index (Phi) is 1.20. The van der Waals surface area contributed by atoms with Crippen molar-refractivity contribution in [2.24, 2.45) is 0 Å². The minimum Gasteiger partial charge on any atom is -0.293 e. The van der Waals surface area contributed by atoms with Gasteiger partial charge in [0.1, 0.15) is 0 Å². The number of hydrazine groups is 1. The van der Waals surface area contributed by atoms with Gasteiger partial charge in [-0.2, -0.15) is 10.3 Å². The second-order valence-corrected chi connectivity index (χ2v) is 1.30. The van der Waals surface area contributed by atoms with Crippen molar-refractivity contribution in [3.05, 3.63) is 24.6 Å². The number of nitrogens with zero attached hydrogens (tertiary/aromatic N) is 2. The van der Waals surface area contributed by atoms with Gasteiger partial charge >= 0.3 is 0 Å². The van der Waals surface area contributed by atoms with Crippen LogP contribution in [-0.4, -0.2) is 5.01 Å². The van der Waals surface area contributed by atoms with Crippen molar-refractivity contribution in [1.82, 2.24) is 10.4 Å². The van der Waals surface area contributed by atoms with Crippen LogP contribution in [-0.2, 0) is 0 Å². The molecule has 0 spiro atoms. The van der Waals surface area contributed by atoms with Crippen molar-refractivity contribution in [3.63, 3.8) is 0 Å². The van der Waals surface area contributed by atoms with Crippen molar-refractivity contribution in [1.29, 1.82) is 5.26 Å². The van der Waals surface area contributed by atoms with Crippen LogP contribution in [0.3, 0.4) is 0 Å². The average molecular weight is 107 g/mol. The summed E-state index contributed by atoms with van der Waals surface area (Å²) < 4.78 is 0. The number of hydrogen-bond donors (Lipinski definition) is 1. The molecule has 0 unspecified atom stereocenters. The summed E-state index contributed by atoms with van der Waals surface area (Å²) in [7, 11) is 0. The average Bonchev–Trinajstić information content (AvgIpc) is 1.90. The third kappa shape index (κ3) is 0.793. The Hall–Kier alpha value is -1.43. The molecule has 0 fully saturated rings. The summed E-state index contributed by atoms with van der Waals surface area (Å²) in [4.78, 5) is 0. The van der Waals surface area contributed by atoms with Crippen molar-refractivity contribution in [3.8, 4) is 6.19 Å². The number of nitriles is 1. The molecule has 8 heavy (non-hydrogen) atoms. The second kappa shape index (κ2) is 2.03. The minimum atomic E-state index is 1.31. The third-order valence-corrected chi connectivity index (χ3v) is 0.764. The first-order valence-electron chi connectivity index (χ1n) is 2.22. The topological polar surface area (TPSA) is 39.1 Å². The van der Waals surface area contributed by atoms with Crippen molar-refractivity contribution in [2.45, 2.75) is 0 Å². The van der Waals surface area contributed by atoms with Crippen LogP contribution in [0.1, 0.15) is 0 Å². The fraction of sp³-hybridized carbons (Fsp3) is 0. The van der Waals surface area contributed by atoms with Gasteiger partial charge in [0.15, 0.2) is 0 Å². The SMILES string of the molecule is N#CN1C=CC=CN1. The van der Waals surface area contributed by atoms with E-state index in [2.05, 4.69) is 5.43 Å². The Morgan fingerprint density at radius 1 is 1.50 bits per heavy atom. The molecule has 0 aromatic heterocycles. The molecule has 0 aromatic rings. The second-order valence-electron chi connectivity index (χ2n) is 1.30. The zero-order valence-electron chi connectivity index (χ0n) is 4.20. The van der Waals surface area contributed by atoms with Gasteiger partial charge in [-0.25, -0.2) is 0 Å². The molecule has 40 valence electrons. The van der Waals surface area contributed by atoms with Crippen LogP contribution in [0.25, 0.3) is 0 Å². The Morgan fingerprint density at radius 2 is 2.38 bits per heavy atom. The highest BCUT2D eigenvalue weighted by Crippen LogP contribution is 1.87. The molecule has 0 amide bonds. The maximum absolute atomic E-state index is 8.22. The van der Waals surface area contributed by atoms with Crippen LogP contribution in [0.15, 0.2) is 24.6 Å². The van der Waals surface area contributed by atoms with E-state index in [-0.39, 0.29) is 0 Å². The van der Waals surface area contributed by atoms with Gasteiger partial charge in [-0.15, -0.1) is 0 Å². The summed E-state index contributed by atoms with van der Waals surface area (Å²) in [6.45, 7) is 0. The number of allylic oxidation sites excluding steroid dienone is 2. The predicted molar refractivity (Wildman–Crippen MR) is 28.9 cm³/mol. The highest BCUT2D eigenvalue weighted by Gasteiger charge is 1.90. The van der Waals surface area contributed by atoms with Crippen LogP contribution in [0, 0.1) is 11.5 Å². The molecule has 3 heteroatoms. The van der Waals surface area contributed by atoms with E-state index in [1.54, 1.807) is 18.5 Å². The number of hydrogen-bond acceptors (Lipinski definition) is 3. The van der Waals surface area contributed by atoms with Crippen molar-refractivity contribution >= 4 is 0 Å². The molecule has 0 bridgehead atoms. The van der Waals surface area contributed by atoms with Crippen LogP contribution in [0.4, 0.5) is 0 Å². The van der Waals surface area contributed by atoms with Crippen molar-refractivity contribution < 1.29 is 0 Å². The molecule has 0 radical (unpaired) electrons. The lowest BCUT2D eigenvalue weighted by atomic mass is 10.5. The minimum absolute atomic E-state index is 1.31. The van der Waals surface area contributed by atoms with Gasteiger partial charge in [0.25, 0.3) is 0 Å². The van der Waals surface area contributed by atoms with E-state index >= 15 is 0 Å². The Balaban J connectivity index is 2.55. The third-order valence-electron chi connectivity index (χ3n) is 0.764. The van der Waals surface area contributed by atoms with E-state index in [4.69, 9.17) is 5.26 Å². The number of nitrogens with one attached hydrogen (secondary N) is 1. The summed E-state index contributed by atoms with van der Waals surface area (Å²) in [5.74, 6) is 0. The van der Waals surface area contributed by atoms with Crippen LogP contribution in [0.2, 0.25) is 0 Å². The van der Waals surface area contributed by atoms with E-state index in [1.807, 2.05) is 12.3 Å². The van der Waals surface area contributed by atoms with Crippen molar-refractivity contribution in [2.75, 3.05) is 0 Å². The highest BCUT2D eigenvalue weighted by molar-refractivity contribution is 5.07. The molecule has 1 heterocycles. The van der Waals surface area contributed by atoms with Gasteiger partial charge in [0.05, 0.1) is 0 Å². The fourth-order valence-electron chi connectivity index (χ4n) is 0.420. The monoisotopic (exact) mass is 107 g/mol. The van der Waals surface area contributed by atoms with E-state index in [0.29, 0.717) is 0 Å². The highest BCUT2D eigenvalue weighted by atomic mass is 15.5.